The van der Waals surface area contributed by atoms with E-state index in [0.717, 1.165) is 12.8 Å². The second-order valence-electron chi connectivity index (χ2n) is 5.21. The molecule has 0 saturated heterocycles. The molecule has 0 N–H and O–H groups in total. The molecule has 21 heavy (non-hydrogen) atoms. The molecule has 0 aliphatic carbocycles. The molecule has 0 fully saturated rings. The predicted octanol–water partition coefficient (Wildman–Crippen LogP) is 4.45. The van der Waals surface area contributed by atoms with Gasteiger partial charge in [0.25, 0.3) is 0 Å². The van der Waals surface area contributed by atoms with Gasteiger partial charge in [-0.05, 0) is 23.9 Å². The largest absolute Gasteiger partial charge is 0.494 e. The summed E-state index contributed by atoms with van der Waals surface area (Å²) in [6.45, 7) is 2.17. The molecule has 3 nitrogen and oxygen atoms in total. The topological polar surface area (TPSA) is 39.4 Å². The van der Waals surface area contributed by atoms with Crippen molar-refractivity contribution in [3.05, 3.63) is 40.2 Å². The summed E-state index contributed by atoms with van der Waals surface area (Å²) >= 11 is 0. The Kier molecular flexibility index (Phi) is 5.37. The lowest BCUT2D eigenvalue weighted by Crippen LogP contribution is -2.05. The maximum Gasteiger partial charge on any atom is 0.346 e. The minimum absolute atomic E-state index is 0.0379. The Balaban J connectivity index is 2.19. The number of rotatable bonds is 7. The third-order valence-electron chi connectivity index (χ3n) is 3.63. The summed E-state index contributed by atoms with van der Waals surface area (Å²) in [5.74, 6) is 0.0222. The van der Waals surface area contributed by atoms with Gasteiger partial charge in [0, 0.05) is 6.42 Å². The van der Waals surface area contributed by atoms with Gasteiger partial charge in [0.2, 0.25) is 0 Å². The van der Waals surface area contributed by atoms with Gasteiger partial charge >= 0.3 is 5.63 Å². The summed E-state index contributed by atoms with van der Waals surface area (Å²) in [5.41, 5.74) is -0.632. The second-order valence-corrected chi connectivity index (χ2v) is 5.21. The van der Waals surface area contributed by atoms with E-state index in [2.05, 4.69) is 6.92 Å². The van der Waals surface area contributed by atoms with Crippen molar-refractivity contribution < 1.29 is 13.5 Å². The minimum Gasteiger partial charge on any atom is -0.494 e. The van der Waals surface area contributed by atoms with Crippen LogP contribution in [0.4, 0.5) is 4.39 Å². The number of methoxy groups -OCH3 is 1. The molecule has 1 aromatic heterocycles. The first kappa shape index (κ1) is 15.5. The summed E-state index contributed by atoms with van der Waals surface area (Å²) in [5, 5.41) is 0.525. The Bertz CT molecular complexity index is 661. The number of fused-ring (bicyclic) bond motifs is 1. The molecule has 0 atom stereocenters. The van der Waals surface area contributed by atoms with E-state index in [1.165, 1.54) is 32.4 Å². The Labute approximate surface area is 123 Å². The number of aryl methyl sites for hydroxylation is 1. The summed E-state index contributed by atoms with van der Waals surface area (Å²) in [6, 6.07) is 4.97. The number of hydrogen-bond acceptors (Lipinski definition) is 3. The van der Waals surface area contributed by atoms with Crippen LogP contribution >= 0.6 is 0 Å². The van der Waals surface area contributed by atoms with E-state index in [1.807, 2.05) is 0 Å². The van der Waals surface area contributed by atoms with Crippen LogP contribution in [-0.4, -0.2) is 7.11 Å². The Morgan fingerprint density at radius 2 is 1.95 bits per heavy atom. The van der Waals surface area contributed by atoms with Gasteiger partial charge in [-0.15, -0.1) is 0 Å². The van der Waals surface area contributed by atoms with Crippen molar-refractivity contribution >= 4 is 10.8 Å². The van der Waals surface area contributed by atoms with E-state index in [1.54, 1.807) is 12.1 Å². The Hall–Kier alpha value is -1.84. The van der Waals surface area contributed by atoms with Crippen LogP contribution in [0.15, 0.2) is 27.4 Å². The molecule has 0 radical (unpaired) electrons. The molecule has 4 heteroatoms. The molecule has 2 rings (SSSR count). The third kappa shape index (κ3) is 3.63. The Morgan fingerprint density at radius 3 is 2.67 bits per heavy atom. The molecule has 2 aromatic rings. The fraction of sp³-hybridized carbons (Fsp3) is 0.471. The number of ether oxygens (including phenoxy) is 1. The van der Waals surface area contributed by atoms with Crippen molar-refractivity contribution in [2.75, 3.05) is 7.11 Å². The molecule has 0 unspecified atom stereocenters. The first-order valence-electron chi connectivity index (χ1n) is 7.46. The lowest BCUT2D eigenvalue weighted by molar-refractivity contribution is 0.387. The zero-order chi connectivity index (χ0) is 15.2. The van der Waals surface area contributed by atoms with Crippen LogP contribution in [0, 0.1) is 5.82 Å². The highest BCUT2D eigenvalue weighted by Gasteiger charge is 2.13. The van der Waals surface area contributed by atoms with Gasteiger partial charge in [-0.3, -0.25) is 0 Å². The zero-order valence-electron chi connectivity index (χ0n) is 12.6. The second kappa shape index (κ2) is 7.25. The van der Waals surface area contributed by atoms with Crippen molar-refractivity contribution in [3.63, 3.8) is 0 Å². The smallest absolute Gasteiger partial charge is 0.346 e. The maximum atomic E-state index is 14.1. The Morgan fingerprint density at radius 1 is 1.19 bits per heavy atom. The third-order valence-corrected chi connectivity index (χ3v) is 3.63. The molecule has 0 saturated carbocycles. The average Bonchev–Trinajstić information content (AvgIpc) is 2.47. The van der Waals surface area contributed by atoms with E-state index in [9.17, 15) is 9.18 Å². The lowest BCUT2D eigenvalue weighted by atomic mass is 10.1. The lowest BCUT2D eigenvalue weighted by Gasteiger charge is -2.06. The van der Waals surface area contributed by atoms with Crippen LogP contribution in [0.5, 0.6) is 5.75 Å². The van der Waals surface area contributed by atoms with Crippen molar-refractivity contribution in [2.24, 2.45) is 0 Å². The molecule has 1 aromatic carbocycles. The molecule has 1 heterocycles. The highest BCUT2D eigenvalue weighted by atomic mass is 19.1. The van der Waals surface area contributed by atoms with Crippen molar-refractivity contribution in [2.45, 2.75) is 45.4 Å². The van der Waals surface area contributed by atoms with Crippen LogP contribution < -0.4 is 10.4 Å². The summed E-state index contributed by atoms with van der Waals surface area (Å²) in [7, 11) is 1.37. The molecular weight excluding hydrogens is 271 g/mol. The van der Waals surface area contributed by atoms with Gasteiger partial charge in [-0.2, -0.15) is 0 Å². The number of halogens is 1. The van der Waals surface area contributed by atoms with Gasteiger partial charge in [0.05, 0.1) is 7.11 Å². The fourth-order valence-corrected chi connectivity index (χ4v) is 2.46. The first-order valence-corrected chi connectivity index (χ1v) is 7.46. The van der Waals surface area contributed by atoms with E-state index in [0.29, 0.717) is 17.6 Å². The molecule has 114 valence electrons. The van der Waals surface area contributed by atoms with Crippen molar-refractivity contribution in [1.29, 1.82) is 0 Å². The highest BCUT2D eigenvalue weighted by Crippen LogP contribution is 2.24. The minimum atomic E-state index is -0.654. The molecular formula is C17H21FO3. The van der Waals surface area contributed by atoms with Crippen molar-refractivity contribution in [1.82, 2.24) is 0 Å². The van der Waals surface area contributed by atoms with Gasteiger partial charge in [-0.1, -0.05) is 38.7 Å². The molecule has 0 bridgehead atoms. The molecule has 0 aliphatic heterocycles. The summed E-state index contributed by atoms with van der Waals surface area (Å²) < 4.78 is 24.2. The number of unbranched alkanes of at least 4 members (excludes halogenated alkanes) is 4. The molecule has 0 spiro atoms. The van der Waals surface area contributed by atoms with E-state index < -0.39 is 11.4 Å². The van der Waals surface area contributed by atoms with Crippen LogP contribution in [0.2, 0.25) is 0 Å². The van der Waals surface area contributed by atoms with Gasteiger partial charge in [0.15, 0.2) is 11.6 Å². The van der Waals surface area contributed by atoms with Crippen LogP contribution in [0.1, 0.15) is 44.8 Å². The fourth-order valence-electron chi connectivity index (χ4n) is 2.46. The zero-order valence-corrected chi connectivity index (χ0v) is 12.6. The summed E-state index contributed by atoms with van der Waals surface area (Å²) in [4.78, 5) is 12.0. The van der Waals surface area contributed by atoms with Gasteiger partial charge in [0.1, 0.15) is 11.1 Å². The average molecular weight is 292 g/mol. The van der Waals surface area contributed by atoms with E-state index in [-0.39, 0.29) is 11.1 Å². The van der Waals surface area contributed by atoms with Crippen LogP contribution in [-0.2, 0) is 6.42 Å². The van der Waals surface area contributed by atoms with E-state index in [4.69, 9.17) is 9.15 Å². The van der Waals surface area contributed by atoms with Gasteiger partial charge in [-0.25, -0.2) is 9.18 Å². The highest BCUT2D eigenvalue weighted by molar-refractivity contribution is 5.83. The van der Waals surface area contributed by atoms with Crippen LogP contribution in [0.3, 0.4) is 0 Å². The molecule has 0 amide bonds. The maximum absolute atomic E-state index is 14.1. The van der Waals surface area contributed by atoms with Gasteiger partial charge < -0.3 is 9.15 Å². The normalized spacial score (nSPS) is 11.0. The quantitative estimate of drug-likeness (QED) is 0.708. The van der Waals surface area contributed by atoms with Crippen LogP contribution in [0.25, 0.3) is 10.8 Å². The van der Waals surface area contributed by atoms with E-state index >= 15 is 0 Å². The SMILES string of the molecule is CCCCCCCc1cc2ccc(OC)c(F)c2c(=O)o1. The van der Waals surface area contributed by atoms with Crippen molar-refractivity contribution in [3.8, 4) is 5.75 Å². The first-order chi connectivity index (χ1) is 10.2. The monoisotopic (exact) mass is 292 g/mol. The predicted molar refractivity (Wildman–Crippen MR) is 81.5 cm³/mol. The standard InChI is InChI=1S/C17H21FO3/c1-3-4-5-6-7-8-13-11-12-9-10-14(20-2)16(18)15(12)17(19)21-13/h9-11H,3-8H2,1-2H3. The number of benzene rings is 1. The molecule has 0 aliphatic rings. The number of hydrogen-bond donors (Lipinski definition) is 0. The summed E-state index contributed by atoms with van der Waals surface area (Å²) in [6.07, 6.45) is 6.43.